The number of imide groups is 1. The van der Waals surface area contributed by atoms with E-state index in [0.717, 1.165) is 11.3 Å². The number of hydrogen-bond donors (Lipinski definition) is 3. The third kappa shape index (κ3) is 6.15. The summed E-state index contributed by atoms with van der Waals surface area (Å²) in [6.07, 6.45) is -1.24. The number of rotatable bonds is 7. The molecule has 2 aromatic carbocycles. The van der Waals surface area contributed by atoms with Crippen LogP contribution < -0.4 is 15.4 Å². The van der Waals surface area contributed by atoms with E-state index in [1.54, 1.807) is 41.8 Å². The summed E-state index contributed by atoms with van der Waals surface area (Å²) in [4.78, 5) is 36.3. The summed E-state index contributed by atoms with van der Waals surface area (Å²) in [5.41, 5.74) is 0.869. The lowest BCUT2D eigenvalue weighted by Gasteiger charge is -2.13. The molecule has 3 N–H and O–H groups in total. The first-order chi connectivity index (χ1) is 15.2. The second-order valence-electron chi connectivity index (χ2n) is 6.47. The number of benzene rings is 2. The Morgan fingerprint density at radius 2 is 1.59 bits per heavy atom. The molecule has 0 radical (unpaired) electrons. The summed E-state index contributed by atoms with van der Waals surface area (Å²) in [6.45, 7) is 1.33. The van der Waals surface area contributed by atoms with Gasteiger partial charge < -0.3 is 10.1 Å². The molecule has 166 valence electrons. The monoisotopic (exact) mass is 473 g/mol. The van der Waals surface area contributed by atoms with E-state index < -0.39 is 34.0 Å². The number of urea groups is 1. The van der Waals surface area contributed by atoms with Gasteiger partial charge in [-0.25, -0.2) is 18.0 Å². The number of carbonyl (C=O) groups excluding carboxylic acids is 3. The van der Waals surface area contributed by atoms with Crippen LogP contribution in [0.5, 0.6) is 0 Å². The van der Waals surface area contributed by atoms with Crippen LogP contribution in [0.1, 0.15) is 17.3 Å². The predicted molar refractivity (Wildman–Crippen MR) is 120 cm³/mol. The van der Waals surface area contributed by atoms with Crippen LogP contribution in [0.4, 0.5) is 16.2 Å². The standard InChI is InChI=1S/C21H19N3O6S2/c1-14(19(25)23-21(27)22-16-6-3-2-4-7-16)30-20(26)15-9-11-17(12-10-15)24-32(28,29)18-8-5-13-31-18/h2-14,24H,1H3,(H2,22,23,25,27)/t14-/m0/s1. The molecule has 11 heteroatoms. The molecule has 0 spiro atoms. The molecule has 0 aliphatic heterocycles. The van der Waals surface area contributed by atoms with Crippen molar-refractivity contribution in [1.82, 2.24) is 5.32 Å². The maximum absolute atomic E-state index is 12.3. The van der Waals surface area contributed by atoms with Crippen LogP contribution in [0.25, 0.3) is 0 Å². The van der Waals surface area contributed by atoms with Gasteiger partial charge in [0.1, 0.15) is 4.21 Å². The summed E-state index contributed by atoms with van der Waals surface area (Å²) in [6, 6.07) is 16.4. The fraction of sp³-hybridized carbons (Fsp3) is 0.0952. The third-order valence-electron chi connectivity index (χ3n) is 4.05. The van der Waals surface area contributed by atoms with Gasteiger partial charge in [0.15, 0.2) is 6.10 Å². The fourth-order valence-corrected chi connectivity index (χ4v) is 4.53. The molecular weight excluding hydrogens is 454 g/mol. The van der Waals surface area contributed by atoms with Crippen LogP contribution in [-0.2, 0) is 19.6 Å². The molecule has 0 saturated heterocycles. The van der Waals surface area contributed by atoms with Gasteiger partial charge in [-0.15, -0.1) is 11.3 Å². The Morgan fingerprint density at radius 3 is 2.22 bits per heavy atom. The van der Waals surface area contributed by atoms with E-state index in [-0.39, 0.29) is 15.5 Å². The number of para-hydroxylation sites is 1. The van der Waals surface area contributed by atoms with Crippen LogP contribution in [0.2, 0.25) is 0 Å². The van der Waals surface area contributed by atoms with Crippen LogP contribution in [0.15, 0.2) is 76.3 Å². The number of amides is 3. The Morgan fingerprint density at radius 1 is 0.906 bits per heavy atom. The van der Waals surface area contributed by atoms with Crippen LogP contribution >= 0.6 is 11.3 Å². The minimum absolute atomic E-state index is 0.109. The highest BCUT2D eigenvalue weighted by atomic mass is 32.2. The van der Waals surface area contributed by atoms with E-state index in [2.05, 4.69) is 15.4 Å². The number of carbonyl (C=O) groups is 3. The molecule has 3 aromatic rings. The van der Waals surface area contributed by atoms with E-state index in [1.807, 2.05) is 0 Å². The Labute approximate surface area is 188 Å². The highest BCUT2D eigenvalue weighted by Gasteiger charge is 2.21. The van der Waals surface area contributed by atoms with E-state index in [0.29, 0.717) is 5.69 Å². The highest BCUT2D eigenvalue weighted by Crippen LogP contribution is 2.20. The zero-order chi connectivity index (χ0) is 23.1. The molecule has 0 saturated carbocycles. The van der Waals surface area contributed by atoms with Gasteiger partial charge in [-0.05, 0) is 54.8 Å². The van der Waals surface area contributed by atoms with E-state index >= 15 is 0 Å². The Balaban J connectivity index is 1.53. The number of hydrogen-bond acceptors (Lipinski definition) is 7. The van der Waals surface area contributed by atoms with Gasteiger partial charge in [0.05, 0.1) is 5.56 Å². The van der Waals surface area contributed by atoms with Gasteiger partial charge >= 0.3 is 12.0 Å². The Kier molecular flexibility index (Phi) is 7.23. The third-order valence-corrected chi connectivity index (χ3v) is 6.83. The molecule has 0 aliphatic rings. The maximum Gasteiger partial charge on any atom is 0.338 e. The zero-order valence-electron chi connectivity index (χ0n) is 16.8. The Hall–Kier alpha value is -3.70. The lowest BCUT2D eigenvalue weighted by atomic mass is 10.2. The van der Waals surface area contributed by atoms with Crippen molar-refractivity contribution >= 4 is 50.6 Å². The molecule has 32 heavy (non-hydrogen) atoms. The lowest BCUT2D eigenvalue weighted by Crippen LogP contribution is -2.41. The summed E-state index contributed by atoms with van der Waals surface area (Å²) in [5.74, 6) is -1.60. The fourth-order valence-electron chi connectivity index (χ4n) is 2.48. The van der Waals surface area contributed by atoms with Crippen molar-refractivity contribution in [3.05, 3.63) is 77.7 Å². The molecule has 0 fully saturated rings. The molecular formula is C21H19N3O6S2. The van der Waals surface area contributed by atoms with Crippen molar-refractivity contribution < 1.29 is 27.5 Å². The smallest absolute Gasteiger partial charge is 0.338 e. The molecule has 0 bridgehead atoms. The second kappa shape index (κ2) is 10.1. The average molecular weight is 474 g/mol. The molecule has 0 unspecified atom stereocenters. The van der Waals surface area contributed by atoms with Crippen molar-refractivity contribution in [2.45, 2.75) is 17.2 Å². The lowest BCUT2D eigenvalue weighted by molar-refractivity contribution is -0.127. The first-order valence-electron chi connectivity index (χ1n) is 9.29. The number of ether oxygens (including phenoxy) is 1. The summed E-state index contributed by atoms with van der Waals surface area (Å²) in [5, 5.41) is 6.22. The minimum Gasteiger partial charge on any atom is -0.449 e. The number of esters is 1. The van der Waals surface area contributed by atoms with Crippen LogP contribution in [0, 0.1) is 0 Å². The van der Waals surface area contributed by atoms with Crippen LogP contribution in [0.3, 0.4) is 0 Å². The van der Waals surface area contributed by atoms with Gasteiger partial charge in [-0.1, -0.05) is 24.3 Å². The van der Waals surface area contributed by atoms with Gasteiger partial charge in [0.2, 0.25) is 0 Å². The topological polar surface area (TPSA) is 131 Å². The highest BCUT2D eigenvalue weighted by molar-refractivity contribution is 7.94. The molecule has 9 nitrogen and oxygen atoms in total. The molecule has 3 amide bonds. The quantitative estimate of drug-likeness (QED) is 0.451. The largest absolute Gasteiger partial charge is 0.449 e. The molecule has 0 aliphatic carbocycles. The van der Waals surface area contributed by atoms with E-state index in [1.165, 1.54) is 37.3 Å². The zero-order valence-corrected chi connectivity index (χ0v) is 18.4. The van der Waals surface area contributed by atoms with Crippen LogP contribution in [-0.4, -0.2) is 32.4 Å². The normalized spacial score (nSPS) is 11.8. The molecule has 1 atom stereocenters. The van der Waals surface area contributed by atoms with Gasteiger partial charge in [0, 0.05) is 11.4 Å². The minimum atomic E-state index is -3.71. The first kappa shape index (κ1) is 23.0. The summed E-state index contributed by atoms with van der Waals surface area (Å²) >= 11 is 1.08. The number of anilines is 2. The summed E-state index contributed by atoms with van der Waals surface area (Å²) in [7, 11) is -3.71. The predicted octanol–water partition coefficient (Wildman–Crippen LogP) is 3.44. The second-order valence-corrected chi connectivity index (χ2v) is 9.33. The van der Waals surface area contributed by atoms with Crippen molar-refractivity contribution in [2.24, 2.45) is 0 Å². The molecule has 1 heterocycles. The molecule has 1 aromatic heterocycles. The number of nitrogens with one attached hydrogen (secondary N) is 3. The maximum atomic E-state index is 12.3. The van der Waals surface area contributed by atoms with Crippen molar-refractivity contribution in [3.63, 3.8) is 0 Å². The Bertz CT molecular complexity index is 1190. The van der Waals surface area contributed by atoms with E-state index in [4.69, 9.17) is 4.74 Å². The van der Waals surface area contributed by atoms with Crippen molar-refractivity contribution in [2.75, 3.05) is 10.0 Å². The van der Waals surface area contributed by atoms with Gasteiger partial charge in [-0.2, -0.15) is 0 Å². The average Bonchev–Trinajstić information content (AvgIpc) is 3.30. The first-order valence-corrected chi connectivity index (χ1v) is 11.6. The van der Waals surface area contributed by atoms with Gasteiger partial charge in [0.25, 0.3) is 15.9 Å². The van der Waals surface area contributed by atoms with E-state index in [9.17, 15) is 22.8 Å². The SMILES string of the molecule is C[C@H](OC(=O)c1ccc(NS(=O)(=O)c2cccs2)cc1)C(=O)NC(=O)Nc1ccccc1. The van der Waals surface area contributed by atoms with Crippen molar-refractivity contribution in [3.8, 4) is 0 Å². The van der Waals surface area contributed by atoms with Crippen molar-refractivity contribution in [1.29, 1.82) is 0 Å². The van der Waals surface area contributed by atoms with Gasteiger partial charge in [-0.3, -0.25) is 14.8 Å². The summed E-state index contributed by atoms with van der Waals surface area (Å²) < 4.78 is 32.1. The number of thiophene rings is 1. The number of sulfonamides is 1. The molecule has 3 rings (SSSR count).